The van der Waals surface area contributed by atoms with Crippen LogP contribution in [0.15, 0.2) is 52.1 Å². The first-order chi connectivity index (χ1) is 11.9. The highest BCUT2D eigenvalue weighted by Crippen LogP contribution is 2.32. The van der Waals surface area contributed by atoms with E-state index in [1.165, 1.54) is 19.1 Å². The van der Waals surface area contributed by atoms with E-state index in [4.69, 9.17) is 4.42 Å². The van der Waals surface area contributed by atoms with Crippen molar-refractivity contribution in [2.24, 2.45) is 0 Å². The zero-order valence-electron chi connectivity index (χ0n) is 13.5. The summed E-state index contributed by atoms with van der Waals surface area (Å²) in [5.41, 5.74) is 1.54. The van der Waals surface area contributed by atoms with Crippen LogP contribution in [0.5, 0.6) is 0 Å². The number of nitrogens with zero attached hydrogens (tertiary/aromatic N) is 1. The molecule has 0 saturated heterocycles. The summed E-state index contributed by atoms with van der Waals surface area (Å²) in [6.45, 7) is 3.08. The highest BCUT2D eigenvalue weighted by Gasteiger charge is 2.31. The summed E-state index contributed by atoms with van der Waals surface area (Å²) >= 11 is 0. The fraction of sp³-hybridized carbons (Fsp3) is 0.176. The summed E-state index contributed by atoms with van der Waals surface area (Å²) in [5.74, 6) is 0.717. The smallest absolute Gasteiger partial charge is 0.319 e. The number of nitro groups is 1. The van der Waals surface area contributed by atoms with Crippen molar-refractivity contribution in [3.63, 3.8) is 0 Å². The van der Waals surface area contributed by atoms with Crippen molar-refractivity contribution in [3.05, 3.63) is 63.5 Å². The number of carbonyl (C=O) groups excluding carboxylic acids is 2. The van der Waals surface area contributed by atoms with Crippen LogP contribution in [0.2, 0.25) is 0 Å². The molecule has 2 N–H and O–H groups in total. The van der Waals surface area contributed by atoms with Crippen molar-refractivity contribution in [2.45, 2.75) is 19.9 Å². The molecule has 1 aliphatic rings. The molecule has 8 nitrogen and oxygen atoms in total. The molecule has 8 heteroatoms. The third-order valence-corrected chi connectivity index (χ3v) is 3.92. The van der Waals surface area contributed by atoms with Crippen LogP contribution in [0.3, 0.4) is 0 Å². The van der Waals surface area contributed by atoms with Crippen LogP contribution in [0.4, 0.5) is 10.5 Å². The number of hydrogen-bond acceptors (Lipinski definition) is 5. The van der Waals surface area contributed by atoms with E-state index in [1.807, 2.05) is 0 Å². The molecule has 1 aliphatic heterocycles. The maximum Gasteiger partial charge on any atom is 0.319 e. The van der Waals surface area contributed by atoms with Crippen molar-refractivity contribution < 1.29 is 18.9 Å². The van der Waals surface area contributed by atoms with Crippen LogP contribution < -0.4 is 10.6 Å². The lowest BCUT2D eigenvalue weighted by Crippen LogP contribution is -2.44. The molecule has 0 bridgehead atoms. The summed E-state index contributed by atoms with van der Waals surface area (Å²) in [6, 6.07) is 8.19. The van der Waals surface area contributed by atoms with E-state index >= 15 is 0 Å². The molecule has 0 aliphatic carbocycles. The van der Waals surface area contributed by atoms with Crippen LogP contribution in [-0.4, -0.2) is 16.7 Å². The molecule has 25 heavy (non-hydrogen) atoms. The maximum absolute atomic E-state index is 11.9. The Balaban J connectivity index is 1.95. The Morgan fingerprint density at radius 1 is 1.20 bits per heavy atom. The minimum absolute atomic E-state index is 0.0152. The molecule has 0 fully saturated rings. The second kappa shape index (κ2) is 6.23. The van der Waals surface area contributed by atoms with Gasteiger partial charge in [0, 0.05) is 29.0 Å². The predicted molar refractivity (Wildman–Crippen MR) is 88.6 cm³/mol. The van der Waals surface area contributed by atoms with Crippen molar-refractivity contribution in [1.29, 1.82) is 0 Å². The minimum atomic E-state index is -0.682. The number of furan rings is 1. The lowest BCUT2D eigenvalue weighted by molar-refractivity contribution is -0.384. The van der Waals surface area contributed by atoms with Crippen molar-refractivity contribution >= 4 is 17.5 Å². The number of nitrogens with one attached hydrogen (secondary N) is 2. The summed E-state index contributed by atoms with van der Waals surface area (Å²) in [6.07, 6.45) is 0. The topological polar surface area (TPSA) is 114 Å². The number of Topliss-reactive ketones (excluding diaryl/α,β-unsaturated/α-hetero) is 1. The number of ketones is 1. The number of nitro benzene ring substituents is 1. The molecule has 0 spiro atoms. The first kappa shape index (κ1) is 16.4. The van der Waals surface area contributed by atoms with Crippen molar-refractivity contribution in [2.75, 3.05) is 0 Å². The number of hydrogen-bond donors (Lipinski definition) is 2. The molecule has 0 saturated carbocycles. The quantitative estimate of drug-likeness (QED) is 0.655. The number of urea groups is 1. The Kier molecular flexibility index (Phi) is 4.10. The van der Waals surface area contributed by atoms with Gasteiger partial charge in [0.25, 0.3) is 5.69 Å². The molecule has 2 aromatic rings. The second-order valence-electron chi connectivity index (χ2n) is 5.63. The summed E-state index contributed by atoms with van der Waals surface area (Å²) in [5, 5.41) is 16.0. The lowest BCUT2D eigenvalue weighted by Gasteiger charge is -2.26. The Bertz CT molecular complexity index is 895. The van der Waals surface area contributed by atoms with E-state index in [2.05, 4.69) is 10.6 Å². The monoisotopic (exact) mass is 341 g/mol. The largest absolute Gasteiger partial charge is 0.459 e. The maximum atomic E-state index is 11.9. The Morgan fingerprint density at radius 3 is 2.48 bits per heavy atom. The normalized spacial score (nSPS) is 17.0. The predicted octanol–water partition coefficient (Wildman–Crippen LogP) is 3.07. The van der Waals surface area contributed by atoms with Gasteiger partial charge in [-0.15, -0.1) is 0 Å². The fourth-order valence-corrected chi connectivity index (χ4v) is 2.78. The van der Waals surface area contributed by atoms with Crippen molar-refractivity contribution in [3.8, 4) is 11.3 Å². The van der Waals surface area contributed by atoms with Crippen LogP contribution >= 0.6 is 0 Å². The van der Waals surface area contributed by atoms with Gasteiger partial charge in [-0.1, -0.05) is 0 Å². The summed E-state index contributed by atoms with van der Waals surface area (Å²) in [7, 11) is 0. The van der Waals surface area contributed by atoms with E-state index in [0.717, 1.165) is 0 Å². The van der Waals surface area contributed by atoms with Gasteiger partial charge in [0.05, 0.1) is 4.92 Å². The van der Waals surface area contributed by atoms with Crippen molar-refractivity contribution in [1.82, 2.24) is 10.6 Å². The molecule has 1 aromatic carbocycles. The summed E-state index contributed by atoms with van der Waals surface area (Å²) < 4.78 is 5.79. The standard InChI is InChI=1S/C17H15N3O5/c1-9-15(10(2)21)16(19-17(22)18-9)14-8-7-13(25-14)11-3-5-12(6-4-11)20(23)24/h3-8,16H,1-2H3,(H2,18,19,22)/t16-/m1/s1. The molecule has 3 rings (SSSR count). The lowest BCUT2D eigenvalue weighted by atomic mass is 9.97. The van der Waals surface area contributed by atoms with Gasteiger partial charge >= 0.3 is 6.03 Å². The first-order valence-corrected chi connectivity index (χ1v) is 7.50. The van der Waals surface area contributed by atoms with Gasteiger partial charge in [0.15, 0.2) is 5.78 Å². The number of amides is 2. The number of carbonyl (C=O) groups is 2. The van der Waals surface area contributed by atoms with Gasteiger partial charge in [0.2, 0.25) is 0 Å². The second-order valence-corrected chi connectivity index (χ2v) is 5.63. The van der Waals surface area contributed by atoms with E-state index < -0.39 is 17.0 Å². The molecule has 0 radical (unpaired) electrons. The number of benzene rings is 1. The molecule has 1 aromatic heterocycles. The molecule has 2 heterocycles. The molecule has 128 valence electrons. The third-order valence-electron chi connectivity index (χ3n) is 3.92. The highest BCUT2D eigenvalue weighted by atomic mass is 16.6. The number of rotatable bonds is 4. The van der Waals surface area contributed by atoms with Crippen LogP contribution in [0.25, 0.3) is 11.3 Å². The van der Waals surface area contributed by atoms with E-state index in [1.54, 1.807) is 31.2 Å². The molecular formula is C17H15N3O5. The van der Waals surface area contributed by atoms with E-state index in [0.29, 0.717) is 28.4 Å². The van der Waals surface area contributed by atoms with E-state index in [-0.39, 0.29) is 11.5 Å². The Hall–Kier alpha value is -3.42. The number of non-ortho nitro benzene ring substituents is 1. The van der Waals surface area contributed by atoms with Gasteiger partial charge in [-0.2, -0.15) is 0 Å². The summed E-state index contributed by atoms with van der Waals surface area (Å²) in [4.78, 5) is 33.9. The first-order valence-electron chi connectivity index (χ1n) is 7.50. The highest BCUT2D eigenvalue weighted by molar-refractivity contribution is 5.98. The zero-order chi connectivity index (χ0) is 18.1. The zero-order valence-corrected chi connectivity index (χ0v) is 13.5. The minimum Gasteiger partial charge on any atom is -0.459 e. The third kappa shape index (κ3) is 3.14. The van der Waals surface area contributed by atoms with E-state index in [9.17, 15) is 19.7 Å². The average Bonchev–Trinajstić information content (AvgIpc) is 3.03. The SMILES string of the molecule is CC(=O)C1=C(C)NC(=O)N[C@@H]1c1ccc(-c2ccc([N+](=O)[O-])cc2)o1. The molecule has 0 unspecified atom stereocenters. The fourth-order valence-electron chi connectivity index (χ4n) is 2.78. The van der Waals surface area contributed by atoms with Gasteiger partial charge in [0.1, 0.15) is 17.6 Å². The van der Waals surface area contributed by atoms with Gasteiger partial charge < -0.3 is 15.1 Å². The van der Waals surface area contributed by atoms with Crippen LogP contribution in [-0.2, 0) is 4.79 Å². The van der Waals surface area contributed by atoms with Crippen LogP contribution in [0.1, 0.15) is 25.6 Å². The Morgan fingerprint density at radius 2 is 1.88 bits per heavy atom. The molecule has 1 atom stereocenters. The molecule has 2 amide bonds. The average molecular weight is 341 g/mol. The van der Waals surface area contributed by atoms with Gasteiger partial charge in [-0.05, 0) is 38.1 Å². The molecular weight excluding hydrogens is 326 g/mol. The Labute approximate surface area is 142 Å². The number of allylic oxidation sites excluding steroid dienone is 1. The van der Waals surface area contributed by atoms with Gasteiger partial charge in [-0.3, -0.25) is 14.9 Å². The van der Waals surface area contributed by atoms with Crippen LogP contribution in [0, 0.1) is 10.1 Å². The van der Waals surface area contributed by atoms with Gasteiger partial charge in [-0.25, -0.2) is 4.79 Å².